The van der Waals surface area contributed by atoms with Gasteiger partial charge in [0.05, 0.1) is 0 Å². The second-order valence-electron chi connectivity index (χ2n) is 15.2. The Morgan fingerprint density at radius 3 is 1.38 bits per heavy atom. The van der Waals surface area contributed by atoms with Crippen LogP contribution in [0.3, 0.4) is 0 Å². The highest BCUT2D eigenvalue weighted by Gasteiger charge is 2.22. The molecule has 0 bridgehead atoms. The first-order valence-corrected chi connectivity index (χ1v) is 23.9. The summed E-state index contributed by atoms with van der Waals surface area (Å²) in [7, 11) is -7.69. The molecular weight excluding hydrogens is 937 g/mol. The van der Waals surface area contributed by atoms with Crippen molar-refractivity contribution < 1.29 is 31.2 Å². The summed E-state index contributed by atoms with van der Waals surface area (Å²) in [5, 5.41) is 19.5. The van der Waals surface area contributed by atoms with E-state index in [4.69, 9.17) is 50.4 Å². The van der Waals surface area contributed by atoms with Crippen LogP contribution in [0, 0.1) is 41.5 Å². The maximum Gasteiger partial charge on any atom is 0.417 e. The van der Waals surface area contributed by atoms with Gasteiger partial charge in [0.15, 0.2) is 10.1 Å². The Bertz CT molecular complexity index is 2760. The van der Waals surface area contributed by atoms with Crippen molar-refractivity contribution in [1.82, 2.24) is 24.3 Å². The number of amides is 3. The Balaban J connectivity index is 0.000000243. The Morgan fingerprint density at radius 2 is 1.00 bits per heavy atom. The molecule has 0 aliphatic carbocycles. The summed E-state index contributed by atoms with van der Waals surface area (Å²) in [5.74, 6) is 0.504. The lowest BCUT2D eigenvalue weighted by Gasteiger charge is -2.13. The predicted molar refractivity (Wildman–Crippen MR) is 259 cm³/mol. The van der Waals surface area contributed by atoms with Crippen LogP contribution in [-0.4, -0.2) is 48.5 Å². The fourth-order valence-corrected chi connectivity index (χ4v) is 7.97. The fraction of sp³-hybridized carbons (Fsp3) is 0.273. The molecule has 0 aliphatic rings. The van der Waals surface area contributed by atoms with Crippen molar-refractivity contribution in [1.29, 1.82) is 0 Å². The summed E-state index contributed by atoms with van der Waals surface area (Å²) >= 11 is 17.6. The van der Waals surface area contributed by atoms with Crippen molar-refractivity contribution in [3.63, 3.8) is 0 Å². The van der Waals surface area contributed by atoms with E-state index >= 15 is 0 Å². The van der Waals surface area contributed by atoms with E-state index in [2.05, 4.69) is 20.8 Å². The molecule has 0 aliphatic heterocycles. The lowest BCUT2D eigenvalue weighted by Crippen LogP contribution is -2.35. The number of urea groups is 1. The number of nitrogens with two attached hydrogens (primary N) is 2. The molecule has 0 saturated carbocycles. The van der Waals surface area contributed by atoms with E-state index in [1.165, 1.54) is 16.8 Å². The number of hydrogen-bond donors (Lipinski definition) is 5. The summed E-state index contributed by atoms with van der Waals surface area (Å²) < 4.78 is 56.2. The molecule has 0 saturated heterocycles. The monoisotopic (exact) mass is 989 g/mol. The standard InChI is InChI=1S/C15H19ClN4O3S.C15H14ClNO2.C8H10ClN.C6H11N3O2S/c1-9(2)20-6-5-13(18-20)24(22,23)19-15(21)17-14-10(3)7-12(16)8-11(14)4;1-10-8-12(16)9-11(2)14(10)17-15(18)19-13-6-4-3-5-7-13;1-5-3-7(9)4-6(2)8(5)10;1-5(2)9-4-3-6(8-9)12(7,10)11/h5-9H,1-4H3,(H2,17,19,21);3-9H,1-2H3,(H,17,18);3-4H,10H2,1-2H3;3-5H,1-2H3,(H2,7,10,11). The summed E-state index contributed by atoms with van der Waals surface area (Å²) in [4.78, 5) is 23.9. The lowest BCUT2D eigenvalue weighted by molar-refractivity contribution is 0.215. The normalized spacial score (nSPS) is 11.0. The van der Waals surface area contributed by atoms with Gasteiger partial charge >= 0.3 is 12.1 Å². The minimum Gasteiger partial charge on any atom is -0.410 e. The van der Waals surface area contributed by atoms with Crippen LogP contribution < -0.4 is 31.0 Å². The third-order valence-electron chi connectivity index (χ3n) is 8.99. The van der Waals surface area contributed by atoms with Crippen LogP contribution >= 0.6 is 34.8 Å². The summed E-state index contributed by atoms with van der Waals surface area (Å²) in [6.07, 6.45) is 2.62. The number of anilines is 3. The third-order valence-corrected chi connectivity index (χ3v) is 11.7. The molecule has 6 rings (SSSR count). The molecule has 0 fully saturated rings. The van der Waals surface area contributed by atoms with E-state index in [0.717, 1.165) is 49.8 Å². The number of hydrogen-bond acceptors (Lipinski definition) is 10. The molecule has 0 radical (unpaired) electrons. The highest BCUT2D eigenvalue weighted by Crippen LogP contribution is 2.26. The number of benzene rings is 4. The van der Waals surface area contributed by atoms with Gasteiger partial charge in [0.2, 0.25) is 0 Å². The second-order valence-corrected chi connectivity index (χ2v) is 19.6. The zero-order chi connectivity index (χ0) is 49.0. The number of aromatic nitrogens is 4. The molecule has 3 amide bonds. The Labute approximate surface area is 395 Å². The van der Waals surface area contributed by atoms with E-state index in [9.17, 15) is 26.4 Å². The first-order valence-electron chi connectivity index (χ1n) is 19.7. The summed E-state index contributed by atoms with van der Waals surface area (Å²) in [6, 6.07) is 21.6. The number of nitrogens with one attached hydrogen (secondary N) is 3. The number of halogens is 3. The number of ether oxygens (including phenoxy) is 1. The molecule has 2 heterocycles. The quantitative estimate of drug-likeness (QED) is 0.0905. The van der Waals surface area contributed by atoms with E-state index in [0.29, 0.717) is 21.5 Å². The first kappa shape index (κ1) is 53.7. The van der Waals surface area contributed by atoms with Crippen molar-refractivity contribution >= 4 is 84.0 Å². The molecule has 21 heteroatoms. The predicted octanol–water partition coefficient (Wildman–Crippen LogP) is 10.5. The number of nitrogens with zero attached hydrogens (tertiary/aromatic N) is 4. The molecule has 0 unspecified atom stereocenters. The van der Waals surface area contributed by atoms with Crippen LogP contribution in [0.1, 0.15) is 73.2 Å². The van der Waals surface area contributed by atoms with Crippen LogP contribution in [0.2, 0.25) is 15.1 Å². The molecule has 65 heavy (non-hydrogen) atoms. The van der Waals surface area contributed by atoms with Crippen LogP contribution in [0.5, 0.6) is 5.75 Å². The molecule has 0 atom stereocenters. The molecule has 16 nitrogen and oxygen atoms in total. The number of aryl methyl sites for hydroxylation is 6. The van der Waals surface area contributed by atoms with E-state index in [1.807, 2.05) is 78.3 Å². The summed E-state index contributed by atoms with van der Waals surface area (Å²) in [5.41, 5.74) is 13.1. The van der Waals surface area contributed by atoms with E-state index in [-0.39, 0.29) is 22.1 Å². The zero-order valence-electron chi connectivity index (χ0n) is 37.6. The van der Waals surface area contributed by atoms with Crippen LogP contribution in [0.25, 0.3) is 0 Å². The van der Waals surface area contributed by atoms with Gasteiger partial charge in [0, 0.05) is 56.6 Å². The van der Waals surface area contributed by atoms with Gasteiger partial charge in [0.1, 0.15) is 5.75 Å². The van der Waals surface area contributed by atoms with Crippen LogP contribution in [-0.2, 0) is 20.0 Å². The van der Waals surface area contributed by atoms with Gasteiger partial charge in [-0.2, -0.15) is 18.6 Å². The number of carbonyl (C=O) groups excluding carboxylic acids is 2. The second kappa shape index (κ2) is 23.5. The Kier molecular flexibility index (Phi) is 19.4. The molecule has 0 spiro atoms. The van der Waals surface area contributed by atoms with E-state index < -0.39 is 32.2 Å². The van der Waals surface area contributed by atoms with Gasteiger partial charge in [-0.25, -0.2) is 27.9 Å². The maximum atomic E-state index is 12.2. The fourth-order valence-electron chi connectivity index (χ4n) is 5.69. The average molecular weight is 991 g/mol. The third kappa shape index (κ3) is 16.7. The smallest absolute Gasteiger partial charge is 0.410 e. The largest absolute Gasteiger partial charge is 0.417 e. The topological polar surface area (TPSA) is 235 Å². The van der Waals surface area contributed by atoms with Gasteiger partial charge in [-0.15, -0.1) is 0 Å². The number of nitrogen functional groups attached to an aromatic ring is 1. The van der Waals surface area contributed by atoms with Crippen LogP contribution in [0.4, 0.5) is 26.7 Å². The van der Waals surface area contributed by atoms with Gasteiger partial charge in [-0.3, -0.25) is 14.7 Å². The summed E-state index contributed by atoms with van der Waals surface area (Å²) in [6.45, 7) is 18.8. The average Bonchev–Trinajstić information content (AvgIpc) is 3.91. The van der Waals surface area contributed by atoms with Crippen LogP contribution in [0.15, 0.2) is 101 Å². The van der Waals surface area contributed by atoms with Crippen molar-refractivity contribution in [3.8, 4) is 5.75 Å². The lowest BCUT2D eigenvalue weighted by atomic mass is 10.1. The van der Waals surface area contributed by atoms with Crippen molar-refractivity contribution in [2.75, 3.05) is 16.4 Å². The molecular formula is C44H54Cl3N9O7S2. The molecule has 350 valence electrons. The minimum atomic E-state index is -4.05. The molecule has 6 aromatic rings. The minimum absolute atomic E-state index is 0.0159. The highest BCUT2D eigenvalue weighted by atomic mass is 35.5. The maximum absolute atomic E-state index is 12.2. The first-order chi connectivity index (χ1) is 30.2. The Morgan fingerprint density at radius 1 is 0.615 bits per heavy atom. The van der Waals surface area contributed by atoms with Gasteiger partial charge in [-0.05, 0) is 163 Å². The number of rotatable bonds is 8. The van der Waals surface area contributed by atoms with Gasteiger partial charge < -0.3 is 15.8 Å². The van der Waals surface area contributed by atoms with Gasteiger partial charge in [-0.1, -0.05) is 53.0 Å². The van der Waals surface area contributed by atoms with Crippen molar-refractivity contribution in [3.05, 3.63) is 140 Å². The number of carbonyl (C=O) groups is 2. The number of sulfonamides is 2. The molecule has 2 aromatic heterocycles. The zero-order valence-corrected chi connectivity index (χ0v) is 41.5. The van der Waals surface area contributed by atoms with Gasteiger partial charge in [0.25, 0.3) is 20.0 Å². The van der Waals surface area contributed by atoms with Crippen molar-refractivity contribution in [2.45, 2.75) is 91.4 Å². The Hall–Kier alpha value is -5.63. The molecule has 7 N–H and O–H groups in total. The molecule has 4 aromatic carbocycles. The number of para-hydroxylation sites is 1. The van der Waals surface area contributed by atoms with E-state index in [1.54, 1.807) is 79.5 Å². The SMILES string of the molecule is CC(C)n1ccc(S(N)(=O)=O)n1.Cc1cc(Cl)cc(C)c1N.Cc1cc(Cl)cc(C)c1NC(=O)NS(=O)(=O)c1ccn(C(C)C)n1.Cc1cc(Cl)cc(C)c1NC(=O)Oc1ccccc1. The van der Waals surface area contributed by atoms with Crippen molar-refractivity contribution in [2.24, 2.45) is 5.14 Å². The number of primary sulfonamides is 1. The highest BCUT2D eigenvalue weighted by molar-refractivity contribution is 7.90.